The third-order valence-electron chi connectivity index (χ3n) is 6.47. The van der Waals surface area contributed by atoms with Crippen LogP contribution in [0, 0.1) is 6.92 Å². The molecule has 1 amide bonds. The number of hydrogen-bond donors (Lipinski definition) is 1. The second-order valence-corrected chi connectivity index (χ2v) is 10.1. The maximum Gasteiger partial charge on any atom is 0.287 e. The second kappa shape index (κ2) is 9.68. The van der Waals surface area contributed by atoms with E-state index < -0.39 is 0 Å². The van der Waals surface area contributed by atoms with Crippen LogP contribution in [0.3, 0.4) is 0 Å². The predicted octanol–water partition coefficient (Wildman–Crippen LogP) is 6.06. The van der Waals surface area contributed by atoms with Crippen molar-refractivity contribution in [3.8, 4) is 5.75 Å². The lowest BCUT2D eigenvalue weighted by Crippen LogP contribution is -2.41. The number of hydrogen-bond acceptors (Lipinski definition) is 5. The van der Waals surface area contributed by atoms with Crippen LogP contribution in [0.4, 0.5) is 0 Å². The molecule has 4 rings (SSSR count). The number of amides is 1. The molecule has 0 radical (unpaired) electrons. The van der Waals surface area contributed by atoms with Crippen molar-refractivity contribution in [3.63, 3.8) is 0 Å². The number of benzene rings is 1. The van der Waals surface area contributed by atoms with Crippen LogP contribution in [0.15, 0.2) is 16.5 Å². The number of rotatable bonds is 7. The van der Waals surface area contributed by atoms with Gasteiger partial charge in [-0.25, -0.2) is 0 Å². The van der Waals surface area contributed by atoms with Crippen LogP contribution in [0.5, 0.6) is 5.75 Å². The minimum Gasteiger partial charge on any atom is -0.486 e. The fourth-order valence-electron chi connectivity index (χ4n) is 4.91. The average molecular weight is 444 g/mol. The normalized spacial score (nSPS) is 17.9. The number of ketones is 1. The zero-order chi connectivity index (χ0) is 21.8. The molecule has 0 saturated heterocycles. The van der Waals surface area contributed by atoms with Crippen LogP contribution in [0.2, 0.25) is 0 Å². The first kappa shape index (κ1) is 22.3. The van der Waals surface area contributed by atoms with Gasteiger partial charge in [-0.3, -0.25) is 9.59 Å². The summed E-state index contributed by atoms with van der Waals surface area (Å²) in [6.07, 6.45) is 9.02. The number of furan rings is 1. The van der Waals surface area contributed by atoms with Crippen molar-refractivity contribution in [2.24, 2.45) is 0 Å². The van der Waals surface area contributed by atoms with Gasteiger partial charge in [0.25, 0.3) is 5.91 Å². The van der Waals surface area contributed by atoms with E-state index in [4.69, 9.17) is 9.15 Å². The van der Waals surface area contributed by atoms with Crippen molar-refractivity contribution < 1.29 is 18.7 Å². The van der Waals surface area contributed by atoms with Gasteiger partial charge in [-0.2, -0.15) is 11.8 Å². The minimum absolute atomic E-state index is 0.109. The van der Waals surface area contributed by atoms with Gasteiger partial charge in [-0.15, -0.1) is 0 Å². The van der Waals surface area contributed by atoms with E-state index in [0.717, 1.165) is 54.6 Å². The number of aryl methyl sites for hydroxylation is 1. The summed E-state index contributed by atoms with van der Waals surface area (Å²) in [5, 5.41) is 3.69. The topological polar surface area (TPSA) is 68.5 Å². The molecule has 6 heteroatoms. The lowest BCUT2D eigenvalue weighted by molar-refractivity contribution is 0.0301. The molecule has 2 aromatic rings. The Labute approximate surface area is 188 Å². The molecule has 0 unspecified atom stereocenters. The Hall–Kier alpha value is -1.95. The third-order valence-corrected chi connectivity index (χ3v) is 7.74. The Morgan fingerprint density at radius 2 is 1.94 bits per heavy atom. The number of Topliss-reactive ketones (excluding diaryl/α,β-unsaturated/α-hetero) is 1. The first-order valence-corrected chi connectivity index (χ1v) is 12.8. The van der Waals surface area contributed by atoms with Gasteiger partial charge in [0.15, 0.2) is 11.5 Å². The molecule has 1 fully saturated rings. The molecule has 1 aromatic heterocycles. The number of thioether (sulfide) groups is 1. The summed E-state index contributed by atoms with van der Waals surface area (Å²) in [5.74, 6) is 3.03. The van der Waals surface area contributed by atoms with Crippen molar-refractivity contribution in [1.82, 2.24) is 5.32 Å². The first-order valence-electron chi connectivity index (χ1n) is 11.7. The molecule has 2 aliphatic rings. The molecule has 168 valence electrons. The van der Waals surface area contributed by atoms with E-state index in [1.165, 1.54) is 19.3 Å². The molecular formula is C25H33NO4S. The van der Waals surface area contributed by atoms with Gasteiger partial charge in [-0.05, 0) is 69.1 Å². The van der Waals surface area contributed by atoms with Crippen LogP contribution < -0.4 is 10.1 Å². The summed E-state index contributed by atoms with van der Waals surface area (Å²) in [6.45, 7) is 4.65. The van der Waals surface area contributed by atoms with Gasteiger partial charge in [0.2, 0.25) is 0 Å². The summed E-state index contributed by atoms with van der Waals surface area (Å²) < 4.78 is 12.4. The molecule has 31 heavy (non-hydrogen) atoms. The number of ether oxygens (including phenoxy) is 1. The predicted molar refractivity (Wildman–Crippen MR) is 126 cm³/mol. The van der Waals surface area contributed by atoms with Crippen LogP contribution in [0.1, 0.15) is 91.2 Å². The number of carbonyl (C=O) groups excluding carboxylic acids is 2. The van der Waals surface area contributed by atoms with Crippen LogP contribution in [0.25, 0.3) is 11.0 Å². The maximum absolute atomic E-state index is 13.3. The highest BCUT2D eigenvalue weighted by Crippen LogP contribution is 2.44. The molecule has 1 saturated carbocycles. The maximum atomic E-state index is 13.3. The minimum atomic E-state index is -0.359. The fraction of sp³-hybridized carbons (Fsp3) is 0.600. The van der Waals surface area contributed by atoms with Crippen molar-refractivity contribution in [3.05, 3.63) is 29.0 Å². The van der Waals surface area contributed by atoms with Crippen molar-refractivity contribution >= 4 is 34.4 Å². The van der Waals surface area contributed by atoms with Gasteiger partial charge in [0.1, 0.15) is 16.9 Å². The summed E-state index contributed by atoms with van der Waals surface area (Å²) in [7, 11) is 0. The Balaban J connectivity index is 1.55. The molecule has 5 nitrogen and oxygen atoms in total. The molecule has 1 N–H and O–H groups in total. The van der Waals surface area contributed by atoms with E-state index in [0.29, 0.717) is 35.6 Å². The number of nitrogens with one attached hydrogen (secondary N) is 1. The SMILES string of the molecule is CCCSCCCNC(=O)c1oc2ccc3c(c2c1C)C(=O)CC1(CCCCCC1)O3. The molecule has 2 heterocycles. The average Bonchev–Trinajstić information content (AvgIpc) is 2.93. The van der Waals surface area contributed by atoms with Crippen LogP contribution >= 0.6 is 11.8 Å². The molecule has 0 atom stereocenters. The Kier molecular flexibility index (Phi) is 6.95. The van der Waals surface area contributed by atoms with E-state index in [9.17, 15) is 9.59 Å². The summed E-state index contributed by atoms with van der Waals surface area (Å²) in [5.41, 5.74) is 1.53. The largest absolute Gasteiger partial charge is 0.486 e. The number of carbonyl (C=O) groups is 2. The molecule has 1 aromatic carbocycles. The van der Waals surface area contributed by atoms with Gasteiger partial charge in [0, 0.05) is 17.5 Å². The third kappa shape index (κ3) is 4.64. The van der Waals surface area contributed by atoms with E-state index in [1.807, 2.05) is 30.8 Å². The molecule has 1 aliphatic carbocycles. The second-order valence-electron chi connectivity index (χ2n) is 8.89. The van der Waals surface area contributed by atoms with E-state index in [-0.39, 0.29) is 17.3 Å². The quantitative estimate of drug-likeness (QED) is 0.527. The lowest BCUT2D eigenvalue weighted by Gasteiger charge is -2.37. The Morgan fingerprint density at radius 3 is 2.68 bits per heavy atom. The Morgan fingerprint density at radius 1 is 1.16 bits per heavy atom. The lowest BCUT2D eigenvalue weighted by atomic mass is 9.83. The highest BCUT2D eigenvalue weighted by atomic mass is 32.2. The molecule has 1 spiro atoms. The van der Waals surface area contributed by atoms with Crippen molar-refractivity contribution in [2.45, 2.75) is 77.2 Å². The van der Waals surface area contributed by atoms with Gasteiger partial charge in [0.05, 0.1) is 12.0 Å². The van der Waals surface area contributed by atoms with Crippen LogP contribution in [-0.4, -0.2) is 35.3 Å². The number of fused-ring (bicyclic) bond motifs is 3. The van der Waals surface area contributed by atoms with Crippen LogP contribution in [-0.2, 0) is 0 Å². The fourth-order valence-corrected chi connectivity index (χ4v) is 5.75. The highest BCUT2D eigenvalue weighted by molar-refractivity contribution is 7.99. The standard InChI is InChI=1S/C25H33NO4S/c1-3-14-31-15-8-13-26-24(28)23-17(2)21-19(29-23)9-10-20-22(21)18(27)16-25(30-20)11-6-4-5-7-12-25/h9-10H,3-8,11-16H2,1-2H3,(H,26,28). The van der Waals surface area contributed by atoms with E-state index in [2.05, 4.69) is 12.2 Å². The summed E-state index contributed by atoms with van der Waals surface area (Å²) in [4.78, 5) is 26.0. The molecular weight excluding hydrogens is 410 g/mol. The zero-order valence-corrected chi connectivity index (χ0v) is 19.5. The smallest absolute Gasteiger partial charge is 0.287 e. The first-order chi connectivity index (χ1) is 15.0. The van der Waals surface area contributed by atoms with Gasteiger partial charge in [-0.1, -0.05) is 19.8 Å². The van der Waals surface area contributed by atoms with Gasteiger partial charge < -0.3 is 14.5 Å². The zero-order valence-electron chi connectivity index (χ0n) is 18.7. The molecule has 1 aliphatic heterocycles. The Bertz CT molecular complexity index is 956. The summed E-state index contributed by atoms with van der Waals surface area (Å²) in [6, 6.07) is 3.68. The highest BCUT2D eigenvalue weighted by Gasteiger charge is 2.42. The summed E-state index contributed by atoms with van der Waals surface area (Å²) >= 11 is 1.91. The van der Waals surface area contributed by atoms with E-state index >= 15 is 0 Å². The van der Waals surface area contributed by atoms with Crippen molar-refractivity contribution in [1.29, 1.82) is 0 Å². The monoisotopic (exact) mass is 443 g/mol. The van der Waals surface area contributed by atoms with Gasteiger partial charge >= 0.3 is 0 Å². The van der Waals surface area contributed by atoms with Crippen molar-refractivity contribution in [2.75, 3.05) is 18.1 Å². The molecule has 0 bridgehead atoms. The van der Waals surface area contributed by atoms with E-state index in [1.54, 1.807) is 0 Å².